The molecule has 1 aromatic heterocycles. The van der Waals surface area contributed by atoms with Gasteiger partial charge in [-0.1, -0.05) is 23.8 Å². The zero-order valence-corrected chi connectivity index (χ0v) is 12.1. The Morgan fingerprint density at radius 3 is 2.95 bits per heavy atom. The maximum atomic E-state index is 12.3. The number of amides is 1. The van der Waals surface area contributed by atoms with Gasteiger partial charge in [0.25, 0.3) is 5.91 Å². The molecule has 1 aromatic carbocycles. The molecule has 4 heteroatoms. The van der Waals surface area contributed by atoms with E-state index in [2.05, 4.69) is 15.2 Å². The second-order valence-corrected chi connectivity index (χ2v) is 5.46. The van der Waals surface area contributed by atoms with Crippen LogP contribution >= 0.6 is 0 Å². The second-order valence-electron chi connectivity index (χ2n) is 5.46. The van der Waals surface area contributed by atoms with Crippen molar-refractivity contribution in [1.29, 1.82) is 0 Å². The Kier molecular flexibility index (Phi) is 3.86. The van der Waals surface area contributed by atoms with Crippen molar-refractivity contribution in [2.24, 2.45) is 0 Å². The molecule has 0 aliphatic carbocycles. The Labute approximate surface area is 124 Å². The lowest BCUT2D eigenvalue weighted by molar-refractivity contribution is 0.0940. The van der Waals surface area contributed by atoms with Crippen molar-refractivity contribution in [3.63, 3.8) is 0 Å². The Hall–Kier alpha value is -2.36. The highest BCUT2D eigenvalue weighted by Gasteiger charge is 2.24. The molecule has 1 saturated heterocycles. The van der Waals surface area contributed by atoms with Gasteiger partial charge in [0.05, 0.1) is 0 Å². The third kappa shape index (κ3) is 3.21. The molecule has 1 aliphatic rings. The number of aromatic nitrogens is 1. The van der Waals surface area contributed by atoms with Crippen molar-refractivity contribution < 1.29 is 4.79 Å². The van der Waals surface area contributed by atoms with Crippen molar-refractivity contribution in [3.8, 4) is 0 Å². The van der Waals surface area contributed by atoms with E-state index in [4.69, 9.17) is 0 Å². The van der Waals surface area contributed by atoms with Gasteiger partial charge in [0.2, 0.25) is 0 Å². The first-order valence-corrected chi connectivity index (χ1v) is 7.26. The van der Waals surface area contributed by atoms with Gasteiger partial charge in [-0.05, 0) is 37.6 Å². The van der Waals surface area contributed by atoms with Crippen LogP contribution < -0.4 is 10.2 Å². The lowest BCUT2D eigenvalue weighted by Crippen LogP contribution is -2.37. The molecular formula is C17H19N3O. The fourth-order valence-corrected chi connectivity index (χ4v) is 2.68. The van der Waals surface area contributed by atoms with Crippen molar-refractivity contribution in [2.45, 2.75) is 19.4 Å². The van der Waals surface area contributed by atoms with Gasteiger partial charge >= 0.3 is 0 Å². The van der Waals surface area contributed by atoms with E-state index >= 15 is 0 Å². The zero-order chi connectivity index (χ0) is 14.7. The summed E-state index contributed by atoms with van der Waals surface area (Å²) in [6, 6.07) is 13.8. The summed E-state index contributed by atoms with van der Waals surface area (Å²) in [5.41, 5.74) is 1.83. The van der Waals surface area contributed by atoms with E-state index in [1.54, 1.807) is 6.20 Å². The van der Waals surface area contributed by atoms with Gasteiger partial charge in [-0.15, -0.1) is 0 Å². The number of benzene rings is 1. The Morgan fingerprint density at radius 2 is 2.19 bits per heavy atom. The van der Waals surface area contributed by atoms with E-state index in [0.29, 0.717) is 0 Å². The lowest BCUT2D eigenvalue weighted by Gasteiger charge is -2.17. The van der Waals surface area contributed by atoms with Crippen LogP contribution in [0.4, 0.5) is 5.82 Å². The van der Waals surface area contributed by atoms with E-state index in [1.165, 1.54) is 0 Å². The number of aryl methyl sites for hydroxylation is 1. The number of nitrogens with one attached hydrogen (secondary N) is 1. The van der Waals surface area contributed by atoms with Crippen LogP contribution in [0.15, 0.2) is 48.7 Å². The maximum Gasteiger partial charge on any atom is 0.251 e. The highest BCUT2D eigenvalue weighted by Crippen LogP contribution is 2.17. The van der Waals surface area contributed by atoms with Crippen LogP contribution in [0.3, 0.4) is 0 Å². The molecule has 0 spiro atoms. The molecule has 21 heavy (non-hydrogen) atoms. The summed E-state index contributed by atoms with van der Waals surface area (Å²) >= 11 is 0. The molecule has 1 amide bonds. The number of carbonyl (C=O) groups excluding carboxylic acids is 1. The zero-order valence-electron chi connectivity index (χ0n) is 12.1. The molecule has 1 fully saturated rings. The molecule has 3 rings (SSSR count). The third-order valence-electron chi connectivity index (χ3n) is 3.78. The second kappa shape index (κ2) is 5.95. The van der Waals surface area contributed by atoms with E-state index < -0.39 is 0 Å². The molecule has 108 valence electrons. The topological polar surface area (TPSA) is 45.2 Å². The molecule has 0 radical (unpaired) electrons. The highest BCUT2D eigenvalue weighted by molar-refractivity contribution is 5.94. The van der Waals surface area contributed by atoms with Gasteiger partial charge in [0.1, 0.15) is 5.82 Å². The standard InChI is InChI=1S/C17H19N3O/c1-13-5-4-6-14(11-13)17(21)19-15-8-10-20(12-15)16-7-2-3-9-18-16/h2-7,9,11,15H,8,10,12H2,1H3,(H,19,21). The van der Waals surface area contributed by atoms with E-state index in [9.17, 15) is 4.79 Å². The Morgan fingerprint density at radius 1 is 1.29 bits per heavy atom. The van der Waals surface area contributed by atoms with E-state index in [0.717, 1.165) is 36.5 Å². The van der Waals surface area contributed by atoms with Crippen LogP contribution in [-0.2, 0) is 0 Å². The van der Waals surface area contributed by atoms with E-state index in [1.807, 2.05) is 49.4 Å². The molecule has 1 atom stereocenters. The van der Waals surface area contributed by atoms with Crippen LogP contribution in [0.2, 0.25) is 0 Å². The molecule has 4 nitrogen and oxygen atoms in total. The normalized spacial score (nSPS) is 17.8. The van der Waals surface area contributed by atoms with Gasteiger partial charge in [0.15, 0.2) is 0 Å². The first-order chi connectivity index (χ1) is 10.2. The largest absolute Gasteiger partial charge is 0.354 e. The first kappa shape index (κ1) is 13.6. The summed E-state index contributed by atoms with van der Waals surface area (Å²) < 4.78 is 0. The average molecular weight is 281 g/mol. The molecule has 1 N–H and O–H groups in total. The molecule has 1 aliphatic heterocycles. The average Bonchev–Trinajstić information content (AvgIpc) is 2.97. The summed E-state index contributed by atoms with van der Waals surface area (Å²) in [6.45, 7) is 3.74. The van der Waals surface area contributed by atoms with Crippen LogP contribution in [0.25, 0.3) is 0 Å². The van der Waals surface area contributed by atoms with E-state index in [-0.39, 0.29) is 11.9 Å². The predicted octanol–water partition coefficient (Wildman–Crippen LogP) is 2.40. The number of pyridine rings is 1. The predicted molar refractivity (Wildman–Crippen MR) is 83.5 cm³/mol. The van der Waals surface area contributed by atoms with Gasteiger partial charge < -0.3 is 10.2 Å². The minimum Gasteiger partial charge on any atom is -0.354 e. The number of nitrogens with zero attached hydrogens (tertiary/aromatic N) is 2. The summed E-state index contributed by atoms with van der Waals surface area (Å²) in [6.07, 6.45) is 2.75. The third-order valence-corrected chi connectivity index (χ3v) is 3.78. The molecule has 1 unspecified atom stereocenters. The monoisotopic (exact) mass is 281 g/mol. The fourth-order valence-electron chi connectivity index (χ4n) is 2.68. The Balaban J connectivity index is 1.61. The van der Waals surface area contributed by atoms with Crippen LogP contribution in [0.1, 0.15) is 22.3 Å². The van der Waals surface area contributed by atoms with Crippen molar-refractivity contribution in [2.75, 3.05) is 18.0 Å². The number of rotatable bonds is 3. The first-order valence-electron chi connectivity index (χ1n) is 7.26. The minimum atomic E-state index is 0.00608. The van der Waals surface area contributed by atoms with Gasteiger partial charge in [-0.25, -0.2) is 4.98 Å². The lowest BCUT2D eigenvalue weighted by atomic mass is 10.1. The minimum absolute atomic E-state index is 0.00608. The number of hydrogen-bond acceptors (Lipinski definition) is 3. The fraction of sp³-hybridized carbons (Fsp3) is 0.294. The summed E-state index contributed by atoms with van der Waals surface area (Å²) in [7, 11) is 0. The molecule has 0 saturated carbocycles. The van der Waals surface area contributed by atoms with Gasteiger partial charge in [-0.3, -0.25) is 4.79 Å². The van der Waals surface area contributed by atoms with Crippen LogP contribution in [0, 0.1) is 6.92 Å². The Bertz CT molecular complexity index is 627. The van der Waals surface area contributed by atoms with Crippen LogP contribution in [-0.4, -0.2) is 30.0 Å². The van der Waals surface area contributed by atoms with Crippen molar-refractivity contribution in [1.82, 2.24) is 10.3 Å². The smallest absolute Gasteiger partial charge is 0.251 e. The quantitative estimate of drug-likeness (QED) is 0.939. The number of hydrogen-bond donors (Lipinski definition) is 1. The molecule has 0 bridgehead atoms. The number of carbonyl (C=O) groups is 1. The summed E-state index contributed by atoms with van der Waals surface area (Å²) in [5, 5.41) is 3.11. The summed E-state index contributed by atoms with van der Waals surface area (Å²) in [5.74, 6) is 0.983. The maximum absolute atomic E-state index is 12.3. The van der Waals surface area contributed by atoms with Gasteiger partial charge in [0, 0.05) is 30.9 Å². The SMILES string of the molecule is Cc1cccc(C(=O)NC2CCN(c3ccccn3)C2)c1. The van der Waals surface area contributed by atoms with Crippen molar-refractivity contribution in [3.05, 3.63) is 59.8 Å². The molecular weight excluding hydrogens is 262 g/mol. The number of anilines is 1. The molecule has 2 aromatic rings. The highest BCUT2D eigenvalue weighted by atomic mass is 16.1. The van der Waals surface area contributed by atoms with Gasteiger partial charge in [-0.2, -0.15) is 0 Å². The van der Waals surface area contributed by atoms with Crippen molar-refractivity contribution >= 4 is 11.7 Å². The molecule has 2 heterocycles. The summed E-state index contributed by atoms with van der Waals surface area (Å²) in [4.78, 5) is 18.8. The van der Waals surface area contributed by atoms with Crippen LogP contribution in [0.5, 0.6) is 0 Å².